The van der Waals surface area contributed by atoms with Crippen molar-refractivity contribution in [1.29, 1.82) is 0 Å². The van der Waals surface area contributed by atoms with Gasteiger partial charge in [-0.05, 0) is 17.8 Å². The van der Waals surface area contributed by atoms with Gasteiger partial charge in [0.05, 0.1) is 0 Å². The maximum absolute atomic E-state index is 11.5. The van der Waals surface area contributed by atoms with Crippen LogP contribution in [-0.2, 0) is 9.59 Å². The third-order valence-electron chi connectivity index (χ3n) is 2.79. The van der Waals surface area contributed by atoms with Gasteiger partial charge in [-0.1, -0.05) is 27.7 Å². The van der Waals surface area contributed by atoms with Gasteiger partial charge in [0.2, 0.25) is 11.8 Å². The molecule has 0 fully saturated rings. The van der Waals surface area contributed by atoms with Gasteiger partial charge in [-0.15, -0.1) is 0 Å². The van der Waals surface area contributed by atoms with Crippen LogP contribution >= 0.6 is 0 Å². The summed E-state index contributed by atoms with van der Waals surface area (Å²) in [5, 5.41) is 14.5. The third kappa shape index (κ3) is 10.5. The van der Waals surface area contributed by atoms with Crippen LogP contribution in [0.4, 0.5) is 0 Å². The molecule has 0 aliphatic rings. The average molecular weight is 272 g/mol. The molecule has 5 nitrogen and oxygen atoms in total. The Kier molecular flexibility index (Phi) is 8.39. The summed E-state index contributed by atoms with van der Waals surface area (Å²) in [6.07, 6.45) is 1.69. The van der Waals surface area contributed by atoms with E-state index in [0.29, 0.717) is 25.4 Å². The first-order valence-electron chi connectivity index (χ1n) is 6.91. The van der Waals surface area contributed by atoms with Crippen molar-refractivity contribution >= 4 is 11.8 Å². The smallest absolute Gasteiger partial charge is 0.220 e. The Labute approximate surface area is 116 Å². The summed E-state index contributed by atoms with van der Waals surface area (Å²) in [6, 6.07) is 0. The number of hydrogen-bond acceptors (Lipinski definition) is 3. The lowest BCUT2D eigenvalue weighted by Gasteiger charge is -2.20. The maximum atomic E-state index is 11.5. The van der Waals surface area contributed by atoms with E-state index >= 15 is 0 Å². The Morgan fingerprint density at radius 1 is 1.11 bits per heavy atom. The van der Waals surface area contributed by atoms with Gasteiger partial charge in [-0.25, -0.2) is 0 Å². The van der Waals surface area contributed by atoms with E-state index in [1.54, 1.807) is 0 Å². The molecule has 0 saturated carbocycles. The molecule has 0 radical (unpaired) electrons. The van der Waals surface area contributed by atoms with E-state index in [2.05, 4.69) is 24.5 Å². The summed E-state index contributed by atoms with van der Waals surface area (Å²) in [7, 11) is 0. The fourth-order valence-corrected chi connectivity index (χ4v) is 1.47. The van der Waals surface area contributed by atoms with Gasteiger partial charge in [0.1, 0.15) is 0 Å². The highest BCUT2D eigenvalue weighted by Crippen LogP contribution is 2.18. The highest BCUT2D eigenvalue weighted by molar-refractivity contribution is 5.77. The third-order valence-corrected chi connectivity index (χ3v) is 2.79. The van der Waals surface area contributed by atoms with Gasteiger partial charge in [0.15, 0.2) is 0 Å². The van der Waals surface area contributed by atoms with Gasteiger partial charge in [0.25, 0.3) is 0 Å². The number of carbonyl (C=O) groups excluding carboxylic acids is 2. The van der Waals surface area contributed by atoms with Gasteiger partial charge in [0, 0.05) is 32.5 Å². The van der Waals surface area contributed by atoms with Crippen LogP contribution in [0.1, 0.15) is 47.0 Å². The summed E-state index contributed by atoms with van der Waals surface area (Å²) in [6.45, 7) is 8.68. The highest BCUT2D eigenvalue weighted by Gasteiger charge is 2.20. The summed E-state index contributed by atoms with van der Waals surface area (Å²) < 4.78 is 0. The van der Waals surface area contributed by atoms with Crippen LogP contribution in [0, 0.1) is 11.3 Å². The number of rotatable bonds is 9. The molecule has 0 aromatic heterocycles. The Bertz CT molecular complexity index is 288. The van der Waals surface area contributed by atoms with Crippen molar-refractivity contribution in [3.05, 3.63) is 0 Å². The van der Waals surface area contributed by atoms with E-state index in [9.17, 15) is 9.59 Å². The fourth-order valence-electron chi connectivity index (χ4n) is 1.47. The molecular formula is C14H28N2O3. The second kappa shape index (κ2) is 8.91. The Morgan fingerprint density at radius 2 is 1.63 bits per heavy atom. The molecule has 3 N–H and O–H groups in total. The summed E-state index contributed by atoms with van der Waals surface area (Å²) in [5.41, 5.74) is -0.398. The number of amides is 2. The average Bonchev–Trinajstić information content (AvgIpc) is 2.31. The molecule has 0 atom stereocenters. The van der Waals surface area contributed by atoms with Crippen molar-refractivity contribution in [1.82, 2.24) is 10.6 Å². The molecule has 0 heterocycles. The first-order chi connectivity index (χ1) is 8.76. The zero-order chi connectivity index (χ0) is 14.9. The zero-order valence-electron chi connectivity index (χ0n) is 12.6. The molecule has 0 spiro atoms. The topological polar surface area (TPSA) is 78.4 Å². The van der Waals surface area contributed by atoms with E-state index < -0.39 is 5.41 Å². The first-order valence-corrected chi connectivity index (χ1v) is 6.91. The van der Waals surface area contributed by atoms with Gasteiger partial charge < -0.3 is 15.7 Å². The monoisotopic (exact) mass is 272 g/mol. The molecule has 0 aromatic carbocycles. The van der Waals surface area contributed by atoms with E-state index in [1.165, 1.54) is 0 Å². The minimum atomic E-state index is -0.398. The molecule has 2 amide bonds. The van der Waals surface area contributed by atoms with Crippen molar-refractivity contribution in [3.63, 3.8) is 0 Å². The SMILES string of the molecule is CC(C)CCC(=O)NCCNC(=O)CC(C)(C)CO. The normalized spacial score (nSPS) is 11.5. The number of carbonyl (C=O) groups is 2. The summed E-state index contributed by atoms with van der Waals surface area (Å²) in [4.78, 5) is 23.0. The summed E-state index contributed by atoms with van der Waals surface area (Å²) in [5.74, 6) is 0.445. The van der Waals surface area contributed by atoms with E-state index in [-0.39, 0.29) is 24.8 Å². The molecule has 19 heavy (non-hydrogen) atoms. The molecule has 0 bridgehead atoms. The maximum Gasteiger partial charge on any atom is 0.220 e. The predicted molar refractivity (Wildman–Crippen MR) is 75.6 cm³/mol. The quantitative estimate of drug-likeness (QED) is 0.549. The molecule has 112 valence electrons. The largest absolute Gasteiger partial charge is 0.396 e. The second-order valence-electron chi connectivity index (χ2n) is 6.13. The fraction of sp³-hybridized carbons (Fsp3) is 0.857. The number of aliphatic hydroxyl groups excluding tert-OH is 1. The van der Waals surface area contributed by atoms with Gasteiger partial charge in [-0.2, -0.15) is 0 Å². The predicted octanol–water partition coefficient (Wildman–Crippen LogP) is 1.06. The Hall–Kier alpha value is -1.10. The Balaban J connectivity index is 3.64. The Morgan fingerprint density at radius 3 is 2.11 bits per heavy atom. The molecule has 0 aromatic rings. The zero-order valence-corrected chi connectivity index (χ0v) is 12.6. The standard InChI is InChI=1S/C14H28N2O3/c1-11(2)5-6-12(18)15-7-8-16-13(19)9-14(3,4)10-17/h11,17H,5-10H2,1-4H3,(H,15,18)(H,16,19). The van der Waals surface area contributed by atoms with Gasteiger partial charge >= 0.3 is 0 Å². The molecule has 0 aliphatic carbocycles. The second-order valence-corrected chi connectivity index (χ2v) is 6.13. The van der Waals surface area contributed by atoms with Crippen molar-refractivity contribution in [2.24, 2.45) is 11.3 Å². The van der Waals surface area contributed by atoms with E-state index in [1.807, 2.05) is 13.8 Å². The van der Waals surface area contributed by atoms with Crippen molar-refractivity contribution in [2.45, 2.75) is 47.0 Å². The molecule has 5 heteroatoms. The lowest BCUT2D eigenvalue weighted by Crippen LogP contribution is -2.36. The minimum absolute atomic E-state index is 0.0215. The van der Waals surface area contributed by atoms with Crippen molar-refractivity contribution in [2.75, 3.05) is 19.7 Å². The van der Waals surface area contributed by atoms with Crippen LogP contribution in [-0.4, -0.2) is 36.6 Å². The lowest BCUT2D eigenvalue weighted by molar-refractivity contribution is -0.124. The van der Waals surface area contributed by atoms with Crippen molar-refractivity contribution < 1.29 is 14.7 Å². The molecule has 0 rings (SSSR count). The van der Waals surface area contributed by atoms with Crippen LogP contribution in [0.15, 0.2) is 0 Å². The molecule has 0 saturated heterocycles. The summed E-state index contributed by atoms with van der Waals surface area (Å²) >= 11 is 0. The number of aliphatic hydroxyl groups is 1. The van der Waals surface area contributed by atoms with Crippen molar-refractivity contribution in [3.8, 4) is 0 Å². The number of nitrogens with one attached hydrogen (secondary N) is 2. The minimum Gasteiger partial charge on any atom is -0.396 e. The lowest BCUT2D eigenvalue weighted by atomic mass is 9.90. The number of hydrogen-bond donors (Lipinski definition) is 3. The van der Waals surface area contributed by atoms with Gasteiger partial charge in [-0.3, -0.25) is 9.59 Å². The molecule has 0 aliphatic heterocycles. The van der Waals surface area contributed by atoms with Crippen LogP contribution in [0.25, 0.3) is 0 Å². The van der Waals surface area contributed by atoms with E-state index in [0.717, 1.165) is 6.42 Å². The van der Waals surface area contributed by atoms with Crippen LogP contribution in [0.2, 0.25) is 0 Å². The highest BCUT2D eigenvalue weighted by atomic mass is 16.3. The molecule has 0 unspecified atom stereocenters. The first kappa shape index (κ1) is 17.9. The van der Waals surface area contributed by atoms with E-state index in [4.69, 9.17) is 5.11 Å². The van der Waals surface area contributed by atoms with Crippen LogP contribution in [0.5, 0.6) is 0 Å². The molecular weight excluding hydrogens is 244 g/mol. The van der Waals surface area contributed by atoms with Crippen LogP contribution in [0.3, 0.4) is 0 Å². The van der Waals surface area contributed by atoms with Crippen LogP contribution < -0.4 is 10.6 Å².